The van der Waals surface area contributed by atoms with Crippen molar-refractivity contribution in [3.8, 4) is 17.2 Å². The number of ether oxygens (including phenoxy) is 3. The molecule has 2 aromatic carbocycles. The number of anilines is 1. The Hall–Kier alpha value is -3.55. The van der Waals surface area contributed by atoms with Crippen LogP contribution < -0.4 is 25.0 Å². The molecule has 31 heavy (non-hydrogen) atoms. The van der Waals surface area contributed by atoms with Crippen LogP contribution in [0.5, 0.6) is 17.2 Å². The molecule has 2 N–H and O–H groups in total. The first-order valence-electron chi connectivity index (χ1n) is 9.98. The largest absolute Gasteiger partial charge is 0.497 e. The smallest absolute Gasteiger partial charge is 0.252 e. The summed E-state index contributed by atoms with van der Waals surface area (Å²) >= 11 is 0. The number of amides is 2. The van der Waals surface area contributed by atoms with Crippen LogP contribution in [-0.2, 0) is 9.59 Å². The molecule has 0 spiro atoms. The number of hydrazone groups is 1. The Morgan fingerprint density at radius 1 is 1.00 bits per heavy atom. The molecule has 0 radical (unpaired) electrons. The van der Waals surface area contributed by atoms with Crippen LogP contribution in [0.2, 0.25) is 0 Å². The van der Waals surface area contributed by atoms with Crippen LogP contribution in [0.15, 0.2) is 47.6 Å². The van der Waals surface area contributed by atoms with E-state index in [4.69, 9.17) is 14.2 Å². The van der Waals surface area contributed by atoms with Gasteiger partial charge in [0.2, 0.25) is 5.91 Å². The third-order valence-electron chi connectivity index (χ3n) is 4.47. The van der Waals surface area contributed by atoms with Crippen molar-refractivity contribution in [1.29, 1.82) is 0 Å². The van der Waals surface area contributed by atoms with Gasteiger partial charge in [-0.05, 0) is 60.9 Å². The van der Waals surface area contributed by atoms with Crippen LogP contribution in [0.3, 0.4) is 0 Å². The summed E-state index contributed by atoms with van der Waals surface area (Å²) in [5, 5.41) is 6.75. The number of nitrogens with one attached hydrogen (secondary N) is 2. The SMILES string of the molecule is CCOc1ccc(C=NNC(=O)C(C(=O)Nc2ccc(OC)cc2)C(C)C)cc1OC. The second-order valence-corrected chi connectivity index (χ2v) is 7.02. The highest BCUT2D eigenvalue weighted by molar-refractivity contribution is 6.06. The quantitative estimate of drug-likeness (QED) is 0.344. The predicted molar refractivity (Wildman–Crippen MR) is 120 cm³/mol. The fourth-order valence-corrected chi connectivity index (χ4v) is 2.90. The number of carbonyl (C=O) groups excluding carboxylic acids is 2. The number of hydrogen-bond acceptors (Lipinski definition) is 6. The molecule has 2 aromatic rings. The number of rotatable bonds is 10. The fourth-order valence-electron chi connectivity index (χ4n) is 2.90. The number of benzene rings is 2. The van der Waals surface area contributed by atoms with Gasteiger partial charge >= 0.3 is 0 Å². The Balaban J connectivity index is 2.03. The van der Waals surface area contributed by atoms with E-state index in [0.29, 0.717) is 35.1 Å². The van der Waals surface area contributed by atoms with Crippen molar-refractivity contribution in [2.24, 2.45) is 16.9 Å². The van der Waals surface area contributed by atoms with Crippen molar-refractivity contribution in [3.05, 3.63) is 48.0 Å². The number of hydrogen-bond donors (Lipinski definition) is 2. The lowest BCUT2D eigenvalue weighted by Crippen LogP contribution is -2.39. The van der Waals surface area contributed by atoms with Crippen LogP contribution >= 0.6 is 0 Å². The molecule has 2 rings (SSSR count). The van der Waals surface area contributed by atoms with Gasteiger partial charge in [0.05, 0.1) is 27.0 Å². The fraction of sp³-hybridized carbons (Fsp3) is 0.348. The molecule has 0 aliphatic carbocycles. The van der Waals surface area contributed by atoms with Gasteiger partial charge in [-0.1, -0.05) is 13.8 Å². The molecule has 0 aromatic heterocycles. The average Bonchev–Trinajstić information content (AvgIpc) is 2.75. The van der Waals surface area contributed by atoms with E-state index < -0.39 is 17.7 Å². The van der Waals surface area contributed by atoms with Crippen molar-refractivity contribution in [2.45, 2.75) is 20.8 Å². The van der Waals surface area contributed by atoms with Crippen LogP contribution in [0.25, 0.3) is 0 Å². The summed E-state index contributed by atoms with van der Waals surface area (Å²) in [5.41, 5.74) is 3.74. The molecule has 0 bridgehead atoms. The number of nitrogens with zero attached hydrogens (tertiary/aromatic N) is 1. The molecule has 8 heteroatoms. The van der Waals surface area contributed by atoms with Gasteiger partial charge in [-0.3, -0.25) is 9.59 Å². The van der Waals surface area contributed by atoms with Crippen LogP contribution in [0, 0.1) is 11.8 Å². The summed E-state index contributed by atoms with van der Waals surface area (Å²) in [4.78, 5) is 25.3. The number of methoxy groups -OCH3 is 2. The zero-order chi connectivity index (χ0) is 22.8. The molecular weight excluding hydrogens is 398 g/mol. The highest BCUT2D eigenvalue weighted by atomic mass is 16.5. The zero-order valence-corrected chi connectivity index (χ0v) is 18.5. The summed E-state index contributed by atoms with van der Waals surface area (Å²) in [7, 11) is 3.12. The first-order valence-corrected chi connectivity index (χ1v) is 9.98. The zero-order valence-electron chi connectivity index (χ0n) is 18.5. The van der Waals surface area contributed by atoms with E-state index in [1.807, 2.05) is 6.92 Å². The van der Waals surface area contributed by atoms with Gasteiger partial charge in [0.1, 0.15) is 11.7 Å². The normalized spacial score (nSPS) is 11.8. The second-order valence-electron chi connectivity index (χ2n) is 7.02. The van der Waals surface area contributed by atoms with Gasteiger partial charge in [-0.2, -0.15) is 5.10 Å². The summed E-state index contributed by atoms with van der Waals surface area (Å²) in [5.74, 6) is -0.160. The van der Waals surface area contributed by atoms with E-state index in [0.717, 1.165) is 0 Å². The minimum absolute atomic E-state index is 0.223. The maximum Gasteiger partial charge on any atom is 0.252 e. The van der Waals surface area contributed by atoms with E-state index in [2.05, 4.69) is 15.8 Å². The third kappa shape index (κ3) is 6.74. The maximum atomic E-state index is 12.7. The Morgan fingerprint density at radius 3 is 2.29 bits per heavy atom. The standard InChI is InChI=1S/C23H29N3O5/c1-6-31-19-12-7-16(13-20(19)30-5)14-24-26-23(28)21(15(2)3)22(27)25-17-8-10-18(29-4)11-9-17/h7-15,21H,6H2,1-5H3,(H,25,27)(H,26,28). The van der Waals surface area contributed by atoms with Crippen molar-refractivity contribution in [2.75, 3.05) is 26.1 Å². The lowest BCUT2D eigenvalue weighted by molar-refractivity contribution is -0.134. The monoisotopic (exact) mass is 427 g/mol. The van der Waals surface area contributed by atoms with Gasteiger partial charge in [0.15, 0.2) is 11.5 Å². The highest BCUT2D eigenvalue weighted by Gasteiger charge is 2.29. The second kappa shape index (κ2) is 11.6. The molecule has 0 fully saturated rings. The molecule has 0 aliphatic heterocycles. The Morgan fingerprint density at radius 2 is 1.71 bits per heavy atom. The maximum absolute atomic E-state index is 12.7. The van der Waals surface area contributed by atoms with Gasteiger partial charge in [0, 0.05) is 5.69 Å². The van der Waals surface area contributed by atoms with E-state index in [1.54, 1.807) is 70.5 Å². The van der Waals surface area contributed by atoms with Crippen LogP contribution in [0.4, 0.5) is 5.69 Å². The highest BCUT2D eigenvalue weighted by Crippen LogP contribution is 2.27. The molecule has 1 atom stereocenters. The van der Waals surface area contributed by atoms with Crippen molar-refractivity contribution < 1.29 is 23.8 Å². The molecule has 1 unspecified atom stereocenters. The Bertz CT molecular complexity index is 910. The van der Waals surface area contributed by atoms with Crippen LogP contribution in [0.1, 0.15) is 26.3 Å². The third-order valence-corrected chi connectivity index (χ3v) is 4.47. The van der Waals surface area contributed by atoms with E-state index in [9.17, 15) is 9.59 Å². The Kier molecular flexibility index (Phi) is 8.87. The lowest BCUT2D eigenvalue weighted by Gasteiger charge is -2.18. The van der Waals surface area contributed by atoms with Gasteiger partial charge < -0.3 is 19.5 Å². The van der Waals surface area contributed by atoms with Gasteiger partial charge in [-0.25, -0.2) is 5.43 Å². The minimum Gasteiger partial charge on any atom is -0.497 e. The summed E-state index contributed by atoms with van der Waals surface area (Å²) < 4.78 is 15.9. The molecule has 0 heterocycles. The first kappa shape index (κ1) is 23.7. The molecule has 166 valence electrons. The minimum atomic E-state index is -0.908. The molecule has 8 nitrogen and oxygen atoms in total. The molecule has 0 saturated heterocycles. The Labute approximate surface area is 182 Å². The molecule has 2 amide bonds. The molecule has 0 saturated carbocycles. The lowest BCUT2D eigenvalue weighted by atomic mass is 9.94. The van der Waals surface area contributed by atoms with E-state index >= 15 is 0 Å². The summed E-state index contributed by atoms with van der Waals surface area (Å²) in [6, 6.07) is 12.2. The molecular formula is C23H29N3O5. The van der Waals surface area contributed by atoms with Crippen molar-refractivity contribution >= 4 is 23.7 Å². The van der Waals surface area contributed by atoms with Gasteiger partial charge in [0.25, 0.3) is 5.91 Å². The topological polar surface area (TPSA) is 98.2 Å². The predicted octanol–water partition coefficient (Wildman–Crippen LogP) is 3.46. The molecule has 0 aliphatic rings. The number of carbonyl (C=O) groups is 2. The van der Waals surface area contributed by atoms with Crippen molar-refractivity contribution in [3.63, 3.8) is 0 Å². The van der Waals surface area contributed by atoms with Crippen molar-refractivity contribution in [1.82, 2.24) is 5.43 Å². The van der Waals surface area contributed by atoms with Gasteiger partial charge in [-0.15, -0.1) is 0 Å². The van der Waals surface area contributed by atoms with Crippen LogP contribution in [-0.4, -0.2) is 38.9 Å². The first-order chi connectivity index (χ1) is 14.9. The van der Waals surface area contributed by atoms with E-state index in [1.165, 1.54) is 6.21 Å². The van der Waals surface area contributed by atoms with E-state index in [-0.39, 0.29) is 5.92 Å². The summed E-state index contributed by atoms with van der Waals surface area (Å²) in [6.07, 6.45) is 1.48. The summed E-state index contributed by atoms with van der Waals surface area (Å²) in [6.45, 7) is 6.02. The average molecular weight is 428 g/mol.